The van der Waals surface area contributed by atoms with Gasteiger partial charge in [0.1, 0.15) is 11.9 Å². The smallest absolute Gasteiger partial charge is 0.253 e. The van der Waals surface area contributed by atoms with Crippen LogP contribution in [0.25, 0.3) is 0 Å². The van der Waals surface area contributed by atoms with Gasteiger partial charge in [0.05, 0.1) is 18.0 Å². The highest BCUT2D eigenvalue weighted by Crippen LogP contribution is 2.46. The van der Waals surface area contributed by atoms with Gasteiger partial charge in [-0.3, -0.25) is 9.59 Å². The third-order valence-electron chi connectivity index (χ3n) is 7.81. The van der Waals surface area contributed by atoms with E-state index in [-0.39, 0.29) is 30.2 Å². The summed E-state index contributed by atoms with van der Waals surface area (Å²) < 4.78 is 14.4. The highest BCUT2D eigenvalue weighted by Gasteiger charge is 2.44. The van der Waals surface area contributed by atoms with Crippen molar-refractivity contribution in [3.63, 3.8) is 0 Å². The molecule has 2 N–H and O–H groups in total. The van der Waals surface area contributed by atoms with Gasteiger partial charge >= 0.3 is 0 Å². The number of hydrogen-bond acceptors (Lipinski definition) is 7. The summed E-state index contributed by atoms with van der Waals surface area (Å²) in [7, 11) is 3.42. The van der Waals surface area contributed by atoms with Crippen molar-refractivity contribution < 1.29 is 14.0 Å². The Morgan fingerprint density at radius 3 is 2.64 bits per heavy atom. The summed E-state index contributed by atoms with van der Waals surface area (Å²) in [4.78, 5) is 28.7. The van der Waals surface area contributed by atoms with E-state index in [4.69, 9.17) is 0 Å². The summed E-state index contributed by atoms with van der Waals surface area (Å²) in [6.07, 6.45) is 3.17. The van der Waals surface area contributed by atoms with Crippen LogP contribution in [0.15, 0.2) is 36.4 Å². The number of aromatic amines is 1. The maximum absolute atomic E-state index is 14.4. The number of nitrogens with one attached hydrogen (secondary N) is 2. The van der Waals surface area contributed by atoms with Crippen LogP contribution in [0.5, 0.6) is 0 Å². The Balaban J connectivity index is 1.53. The van der Waals surface area contributed by atoms with Gasteiger partial charge in [0.15, 0.2) is 5.82 Å². The van der Waals surface area contributed by atoms with Gasteiger partial charge in [0, 0.05) is 26.2 Å². The Morgan fingerprint density at radius 1 is 1.21 bits per heavy atom. The molecule has 3 aromatic rings. The Hall–Kier alpha value is -4.17. The maximum atomic E-state index is 14.4. The standard InChI is InChI=1S/C28H31FN8O2/c1-36(2)26(39)20-7-9-23-18(14-20)5-6-19-15-21(29)8-10-24(19)28(23,27-32-34-35-33-27)11-12-31-17-25(38)37-13-3-4-22(37)16-30/h7-10,14-15,22,31H,3-6,11-13,17H2,1-2H3,(H,32,33,34,35). The second-order valence-electron chi connectivity index (χ2n) is 10.3. The van der Waals surface area contributed by atoms with Crippen LogP contribution in [0.4, 0.5) is 4.39 Å². The Kier molecular flexibility index (Phi) is 7.39. The predicted octanol–water partition coefficient (Wildman–Crippen LogP) is 1.97. The lowest BCUT2D eigenvalue weighted by molar-refractivity contribution is -0.130. The lowest BCUT2D eigenvalue weighted by atomic mass is 9.69. The largest absolute Gasteiger partial charge is 0.345 e. The number of halogens is 1. The number of benzene rings is 2. The third kappa shape index (κ3) is 4.88. The lowest BCUT2D eigenvalue weighted by Crippen LogP contribution is -2.42. The second-order valence-corrected chi connectivity index (χ2v) is 10.3. The van der Waals surface area contributed by atoms with Crippen molar-refractivity contribution in [3.8, 4) is 6.07 Å². The van der Waals surface area contributed by atoms with Crippen LogP contribution in [0.2, 0.25) is 0 Å². The zero-order chi connectivity index (χ0) is 27.6. The number of aromatic nitrogens is 4. The van der Waals surface area contributed by atoms with Gasteiger partial charge in [-0.15, -0.1) is 10.2 Å². The number of amides is 2. The summed E-state index contributed by atoms with van der Waals surface area (Å²) >= 11 is 0. The molecular weight excluding hydrogens is 499 g/mol. The van der Waals surface area contributed by atoms with Gasteiger partial charge in [-0.25, -0.2) is 4.39 Å². The molecule has 1 aliphatic heterocycles. The van der Waals surface area contributed by atoms with Crippen molar-refractivity contribution in [1.29, 1.82) is 5.26 Å². The van der Waals surface area contributed by atoms with Crippen LogP contribution in [-0.4, -0.2) is 82.0 Å². The molecular formula is C28H31FN8O2. The number of carbonyl (C=O) groups excluding carboxylic acids is 2. The molecule has 1 aliphatic carbocycles. The molecule has 2 atom stereocenters. The predicted molar refractivity (Wildman–Crippen MR) is 140 cm³/mol. The number of aryl methyl sites for hydroxylation is 2. The summed E-state index contributed by atoms with van der Waals surface area (Å²) in [6.45, 7) is 1.10. The van der Waals surface area contributed by atoms with Gasteiger partial charge < -0.3 is 15.1 Å². The first-order valence-corrected chi connectivity index (χ1v) is 13.1. The average molecular weight is 531 g/mol. The summed E-state index contributed by atoms with van der Waals surface area (Å²) in [5, 5.41) is 27.8. The molecule has 39 heavy (non-hydrogen) atoms. The number of carbonyl (C=O) groups is 2. The quantitative estimate of drug-likeness (QED) is 0.447. The van der Waals surface area contributed by atoms with E-state index in [1.165, 1.54) is 11.0 Å². The second kappa shape index (κ2) is 10.9. The normalized spacial score (nSPS) is 20.1. The first kappa shape index (κ1) is 26.4. The minimum atomic E-state index is -0.902. The van der Waals surface area contributed by atoms with Crippen LogP contribution in [0.3, 0.4) is 0 Å². The van der Waals surface area contributed by atoms with Crippen LogP contribution >= 0.6 is 0 Å². The number of tetrazole rings is 1. The van der Waals surface area contributed by atoms with E-state index in [1.807, 2.05) is 12.1 Å². The van der Waals surface area contributed by atoms with Gasteiger partial charge in [-0.05, 0) is 85.2 Å². The van der Waals surface area contributed by atoms with Crippen molar-refractivity contribution in [2.24, 2.45) is 0 Å². The van der Waals surface area contributed by atoms with Crippen LogP contribution in [-0.2, 0) is 23.1 Å². The van der Waals surface area contributed by atoms with E-state index in [1.54, 1.807) is 37.2 Å². The van der Waals surface area contributed by atoms with Gasteiger partial charge in [0.25, 0.3) is 5.91 Å². The lowest BCUT2D eigenvalue weighted by Gasteiger charge is -2.34. The van der Waals surface area contributed by atoms with E-state index < -0.39 is 5.41 Å². The fourth-order valence-corrected chi connectivity index (χ4v) is 5.94. The number of fused-ring (bicyclic) bond motifs is 2. The van der Waals surface area contributed by atoms with Gasteiger partial charge in [-0.2, -0.15) is 10.5 Å². The molecule has 202 valence electrons. The molecule has 11 heteroatoms. The number of H-pyrrole nitrogens is 1. The molecule has 5 rings (SSSR count). The van der Waals surface area contributed by atoms with Crippen molar-refractivity contribution in [1.82, 2.24) is 35.7 Å². The number of hydrogen-bond donors (Lipinski definition) is 2. The number of rotatable bonds is 7. The molecule has 1 saturated heterocycles. The third-order valence-corrected chi connectivity index (χ3v) is 7.81. The summed E-state index contributed by atoms with van der Waals surface area (Å²) in [5.74, 6) is -0.106. The average Bonchev–Trinajstić information content (AvgIpc) is 3.63. The topological polar surface area (TPSA) is 131 Å². The van der Waals surface area contributed by atoms with Gasteiger partial charge in [0.2, 0.25) is 5.91 Å². The van der Waals surface area contributed by atoms with E-state index >= 15 is 0 Å². The zero-order valence-corrected chi connectivity index (χ0v) is 22.1. The molecule has 2 unspecified atom stereocenters. The fraction of sp³-hybridized carbons (Fsp3) is 0.429. The molecule has 2 aromatic carbocycles. The highest BCUT2D eigenvalue weighted by atomic mass is 19.1. The van der Waals surface area contributed by atoms with Crippen molar-refractivity contribution >= 4 is 11.8 Å². The minimum Gasteiger partial charge on any atom is -0.345 e. The molecule has 10 nitrogen and oxygen atoms in total. The molecule has 0 radical (unpaired) electrons. The molecule has 1 aromatic heterocycles. The molecule has 1 fully saturated rings. The molecule has 2 heterocycles. The monoisotopic (exact) mass is 530 g/mol. The summed E-state index contributed by atoms with van der Waals surface area (Å²) in [5.41, 5.74) is 3.24. The van der Waals surface area contributed by atoms with Crippen molar-refractivity contribution in [2.45, 2.75) is 43.6 Å². The van der Waals surface area contributed by atoms with E-state index in [2.05, 4.69) is 32.0 Å². The maximum Gasteiger partial charge on any atom is 0.253 e. The fourth-order valence-electron chi connectivity index (χ4n) is 5.94. The molecule has 0 spiro atoms. The SMILES string of the molecule is CN(C)C(=O)c1ccc2c(c1)CCc1cc(F)ccc1C2(CCNCC(=O)N1CCCC1C#N)c1nn[nH]n1. The molecule has 2 amide bonds. The highest BCUT2D eigenvalue weighted by molar-refractivity contribution is 5.94. The van der Waals surface area contributed by atoms with E-state index in [9.17, 15) is 19.2 Å². The first-order valence-electron chi connectivity index (χ1n) is 13.1. The Bertz CT molecular complexity index is 1420. The number of likely N-dealkylation sites (tertiary alicyclic amines) is 1. The van der Waals surface area contributed by atoms with Crippen molar-refractivity contribution in [3.05, 3.63) is 75.9 Å². The van der Waals surface area contributed by atoms with E-state index in [0.717, 1.165) is 28.7 Å². The Labute approximate surface area is 226 Å². The molecule has 0 saturated carbocycles. The minimum absolute atomic E-state index is 0.0971. The van der Waals surface area contributed by atoms with Crippen molar-refractivity contribution in [2.75, 3.05) is 33.7 Å². The zero-order valence-electron chi connectivity index (χ0n) is 22.1. The van der Waals surface area contributed by atoms with Crippen LogP contribution < -0.4 is 5.32 Å². The van der Waals surface area contributed by atoms with Crippen LogP contribution in [0, 0.1) is 17.1 Å². The summed E-state index contributed by atoms with van der Waals surface area (Å²) in [6, 6.07) is 12.2. The van der Waals surface area contributed by atoms with Crippen LogP contribution in [0.1, 0.15) is 57.7 Å². The van der Waals surface area contributed by atoms with Gasteiger partial charge in [-0.1, -0.05) is 17.3 Å². The first-order chi connectivity index (χ1) is 18.8. The number of nitriles is 1. The van der Waals surface area contributed by atoms with E-state index in [0.29, 0.717) is 50.2 Å². The molecule has 0 bridgehead atoms. The molecule has 2 aliphatic rings. The number of nitrogens with zero attached hydrogens (tertiary/aromatic N) is 6. The Morgan fingerprint density at radius 2 is 1.95 bits per heavy atom.